The van der Waals surface area contributed by atoms with Gasteiger partial charge >= 0.3 is 6.18 Å². The Morgan fingerprint density at radius 2 is 1.95 bits per heavy atom. The van der Waals surface area contributed by atoms with Crippen LogP contribution in [-0.4, -0.2) is 33.3 Å². The summed E-state index contributed by atoms with van der Waals surface area (Å²) in [4.78, 5) is 4.08. The number of rotatable bonds is 5. The van der Waals surface area contributed by atoms with E-state index >= 15 is 0 Å². The molecular weight excluding hydrogens is 293 g/mol. The highest BCUT2D eigenvalue weighted by atomic mass is 32.2. The van der Waals surface area contributed by atoms with E-state index in [1.807, 2.05) is 18.2 Å². The molecule has 2 rings (SSSR count). The van der Waals surface area contributed by atoms with Gasteiger partial charge in [-0.25, -0.2) is 0 Å². The summed E-state index contributed by atoms with van der Waals surface area (Å²) in [5, 5.41) is 12.6. The van der Waals surface area contributed by atoms with Crippen LogP contribution in [-0.2, 0) is 5.75 Å². The SMILES string of the molecule is O[C@H](CSCc1nc(-c2ccccc2)no1)C(F)(F)F. The second kappa shape index (κ2) is 6.27. The zero-order chi connectivity index (χ0) is 14.6. The molecule has 0 radical (unpaired) electrons. The first kappa shape index (κ1) is 14.9. The van der Waals surface area contributed by atoms with Crippen molar-refractivity contribution >= 4 is 11.8 Å². The van der Waals surface area contributed by atoms with Gasteiger partial charge in [-0.05, 0) is 0 Å². The van der Waals surface area contributed by atoms with E-state index in [9.17, 15) is 13.2 Å². The lowest BCUT2D eigenvalue weighted by atomic mass is 10.2. The van der Waals surface area contributed by atoms with Crippen LogP contribution in [0.15, 0.2) is 34.9 Å². The van der Waals surface area contributed by atoms with Crippen molar-refractivity contribution in [2.45, 2.75) is 18.0 Å². The molecule has 0 fully saturated rings. The summed E-state index contributed by atoms with van der Waals surface area (Å²) < 4.78 is 41.2. The van der Waals surface area contributed by atoms with Crippen LogP contribution in [0.25, 0.3) is 11.4 Å². The Hall–Kier alpha value is -1.54. The Bertz CT molecular complexity index is 545. The van der Waals surface area contributed by atoms with Crippen LogP contribution in [0.3, 0.4) is 0 Å². The molecule has 4 nitrogen and oxygen atoms in total. The van der Waals surface area contributed by atoms with E-state index in [-0.39, 0.29) is 11.6 Å². The minimum absolute atomic E-state index is 0.118. The first-order valence-electron chi connectivity index (χ1n) is 5.67. The van der Waals surface area contributed by atoms with Gasteiger partial charge < -0.3 is 9.63 Å². The van der Waals surface area contributed by atoms with E-state index in [4.69, 9.17) is 9.63 Å². The highest BCUT2D eigenvalue weighted by molar-refractivity contribution is 7.98. The number of halogens is 3. The number of thioether (sulfide) groups is 1. The molecule has 0 saturated heterocycles. The summed E-state index contributed by atoms with van der Waals surface area (Å²) in [5.74, 6) is 0.264. The summed E-state index contributed by atoms with van der Waals surface area (Å²) in [7, 11) is 0. The van der Waals surface area contributed by atoms with Gasteiger partial charge in [-0.2, -0.15) is 18.2 Å². The fourth-order valence-corrected chi connectivity index (χ4v) is 2.19. The Labute approximate surface area is 117 Å². The molecule has 2 aromatic rings. The van der Waals surface area contributed by atoms with Crippen LogP contribution in [0.4, 0.5) is 13.2 Å². The van der Waals surface area contributed by atoms with Crippen molar-refractivity contribution in [1.29, 1.82) is 0 Å². The van der Waals surface area contributed by atoms with E-state index in [2.05, 4.69) is 10.1 Å². The number of aliphatic hydroxyl groups excluding tert-OH is 1. The minimum atomic E-state index is -4.60. The average molecular weight is 304 g/mol. The van der Waals surface area contributed by atoms with E-state index in [0.29, 0.717) is 5.82 Å². The molecule has 0 spiro atoms. The maximum absolute atomic E-state index is 12.1. The van der Waals surface area contributed by atoms with Crippen molar-refractivity contribution in [2.24, 2.45) is 0 Å². The molecule has 0 aliphatic rings. The molecule has 20 heavy (non-hydrogen) atoms. The summed E-state index contributed by atoms with van der Waals surface area (Å²) in [6.07, 6.45) is -6.94. The average Bonchev–Trinajstić information content (AvgIpc) is 2.87. The lowest BCUT2D eigenvalue weighted by molar-refractivity contribution is -0.195. The molecule has 0 amide bonds. The van der Waals surface area contributed by atoms with Gasteiger partial charge in [0, 0.05) is 11.3 Å². The normalized spacial score (nSPS) is 13.4. The minimum Gasteiger partial charge on any atom is -0.383 e. The number of nitrogens with zero attached hydrogens (tertiary/aromatic N) is 2. The molecule has 1 N–H and O–H groups in total. The van der Waals surface area contributed by atoms with Gasteiger partial charge in [0.2, 0.25) is 11.7 Å². The van der Waals surface area contributed by atoms with Crippen molar-refractivity contribution < 1.29 is 22.8 Å². The largest absolute Gasteiger partial charge is 0.415 e. The zero-order valence-corrected chi connectivity index (χ0v) is 11.0. The fourth-order valence-electron chi connectivity index (χ4n) is 1.37. The van der Waals surface area contributed by atoms with Crippen LogP contribution in [0.5, 0.6) is 0 Å². The highest BCUT2D eigenvalue weighted by Crippen LogP contribution is 2.24. The number of alkyl halides is 3. The maximum Gasteiger partial charge on any atom is 0.415 e. The standard InChI is InChI=1S/C12H11F3N2O2S/c13-12(14,15)9(18)6-20-7-10-16-11(17-19-10)8-4-2-1-3-5-8/h1-5,9,18H,6-7H2/t9-/m1/s1. The smallest absolute Gasteiger partial charge is 0.383 e. The number of aromatic nitrogens is 2. The van der Waals surface area contributed by atoms with Gasteiger partial charge in [0.05, 0.1) is 5.75 Å². The molecule has 1 aromatic carbocycles. The lowest BCUT2D eigenvalue weighted by Crippen LogP contribution is -2.30. The predicted molar refractivity (Wildman–Crippen MR) is 68.0 cm³/mol. The third kappa shape index (κ3) is 3.97. The molecule has 108 valence electrons. The molecule has 0 saturated carbocycles. The molecule has 1 atom stereocenters. The van der Waals surface area contributed by atoms with E-state index in [1.54, 1.807) is 12.1 Å². The van der Waals surface area contributed by atoms with Crippen LogP contribution in [0.2, 0.25) is 0 Å². The van der Waals surface area contributed by atoms with Gasteiger partial charge in [0.1, 0.15) is 0 Å². The van der Waals surface area contributed by atoms with Crippen molar-refractivity contribution in [3.8, 4) is 11.4 Å². The zero-order valence-electron chi connectivity index (χ0n) is 10.2. The lowest BCUT2D eigenvalue weighted by Gasteiger charge is -2.12. The first-order chi connectivity index (χ1) is 9.47. The number of hydrogen-bond acceptors (Lipinski definition) is 5. The van der Waals surface area contributed by atoms with Crippen LogP contribution < -0.4 is 0 Å². The van der Waals surface area contributed by atoms with Crippen molar-refractivity contribution in [3.63, 3.8) is 0 Å². The van der Waals surface area contributed by atoms with Crippen LogP contribution in [0, 0.1) is 0 Å². The summed E-state index contributed by atoms with van der Waals surface area (Å²) in [5.41, 5.74) is 0.767. The summed E-state index contributed by atoms with van der Waals surface area (Å²) in [6, 6.07) is 9.09. The van der Waals surface area contributed by atoms with Crippen molar-refractivity contribution in [2.75, 3.05) is 5.75 Å². The molecule has 0 bridgehead atoms. The third-order valence-electron chi connectivity index (χ3n) is 2.38. The second-order valence-electron chi connectivity index (χ2n) is 3.95. The van der Waals surface area contributed by atoms with E-state index in [0.717, 1.165) is 17.3 Å². The topological polar surface area (TPSA) is 59.2 Å². The molecule has 1 aromatic heterocycles. The Balaban J connectivity index is 1.88. The number of aliphatic hydroxyl groups is 1. The Kier molecular flexibility index (Phi) is 4.66. The molecular formula is C12H11F3N2O2S. The van der Waals surface area contributed by atoms with Gasteiger partial charge in [-0.15, -0.1) is 11.8 Å². The van der Waals surface area contributed by atoms with Crippen LogP contribution in [0.1, 0.15) is 5.89 Å². The Morgan fingerprint density at radius 3 is 2.60 bits per heavy atom. The molecule has 8 heteroatoms. The summed E-state index contributed by atoms with van der Waals surface area (Å²) >= 11 is 0.884. The van der Waals surface area contributed by atoms with Gasteiger partial charge in [0.15, 0.2) is 6.10 Å². The fraction of sp³-hybridized carbons (Fsp3) is 0.333. The number of hydrogen-bond donors (Lipinski definition) is 1. The quantitative estimate of drug-likeness (QED) is 0.920. The van der Waals surface area contributed by atoms with Gasteiger partial charge in [-0.3, -0.25) is 0 Å². The molecule has 1 heterocycles. The first-order valence-corrected chi connectivity index (χ1v) is 6.83. The summed E-state index contributed by atoms with van der Waals surface area (Å²) in [6.45, 7) is 0. The highest BCUT2D eigenvalue weighted by Gasteiger charge is 2.37. The van der Waals surface area contributed by atoms with Crippen molar-refractivity contribution in [1.82, 2.24) is 10.1 Å². The third-order valence-corrected chi connectivity index (χ3v) is 3.38. The molecule has 0 unspecified atom stereocenters. The molecule has 0 aliphatic carbocycles. The van der Waals surface area contributed by atoms with Gasteiger partial charge in [0.25, 0.3) is 0 Å². The van der Waals surface area contributed by atoms with E-state index in [1.165, 1.54) is 0 Å². The predicted octanol–water partition coefficient (Wildman–Crippen LogP) is 2.89. The second-order valence-corrected chi connectivity index (χ2v) is 4.98. The number of benzene rings is 1. The monoisotopic (exact) mass is 304 g/mol. The Morgan fingerprint density at radius 1 is 1.25 bits per heavy atom. The van der Waals surface area contributed by atoms with E-state index < -0.39 is 18.0 Å². The molecule has 0 aliphatic heterocycles. The van der Waals surface area contributed by atoms with Crippen molar-refractivity contribution in [3.05, 3.63) is 36.2 Å². The van der Waals surface area contributed by atoms with Crippen LogP contribution >= 0.6 is 11.8 Å². The maximum atomic E-state index is 12.1. The van der Waals surface area contributed by atoms with Gasteiger partial charge in [-0.1, -0.05) is 35.5 Å².